The minimum Gasteiger partial charge on any atom is -0.481 e. The van der Waals surface area contributed by atoms with Crippen molar-refractivity contribution in [1.29, 1.82) is 0 Å². The molecule has 6 heteroatoms. The van der Waals surface area contributed by atoms with E-state index in [-0.39, 0.29) is 17.6 Å². The van der Waals surface area contributed by atoms with Crippen LogP contribution in [0.1, 0.15) is 31.2 Å². The molecule has 136 valence electrons. The van der Waals surface area contributed by atoms with Crippen molar-refractivity contribution in [2.45, 2.75) is 32.2 Å². The molecule has 1 aromatic rings. The number of hydrogen-bond donors (Lipinski definition) is 1. The maximum absolute atomic E-state index is 13.8. The summed E-state index contributed by atoms with van der Waals surface area (Å²) in [6.45, 7) is 3.07. The SMILES string of the molecule is O=C(O)[C@@H]1CCCC[C@H]1C(=O)N1CCN(Cc2ccccc2F)CC1. The Balaban J connectivity index is 1.55. The van der Waals surface area contributed by atoms with Crippen LogP contribution in [0.3, 0.4) is 0 Å². The van der Waals surface area contributed by atoms with E-state index in [2.05, 4.69) is 4.90 Å². The fraction of sp³-hybridized carbons (Fsp3) is 0.579. The van der Waals surface area contributed by atoms with E-state index < -0.39 is 11.9 Å². The number of hydrogen-bond acceptors (Lipinski definition) is 3. The number of amides is 1. The molecule has 2 atom stereocenters. The second kappa shape index (κ2) is 7.95. The second-order valence-electron chi connectivity index (χ2n) is 7.03. The Morgan fingerprint density at radius 2 is 1.68 bits per heavy atom. The molecule has 0 spiro atoms. The number of aliphatic carboxylic acids is 1. The van der Waals surface area contributed by atoms with E-state index in [1.54, 1.807) is 17.0 Å². The van der Waals surface area contributed by atoms with Crippen molar-refractivity contribution in [2.24, 2.45) is 11.8 Å². The van der Waals surface area contributed by atoms with Crippen LogP contribution < -0.4 is 0 Å². The summed E-state index contributed by atoms with van der Waals surface area (Å²) in [5, 5.41) is 9.37. The van der Waals surface area contributed by atoms with Gasteiger partial charge in [0.15, 0.2) is 0 Å². The molecule has 1 saturated carbocycles. The molecule has 5 nitrogen and oxygen atoms in total. The fourth-order valence-electron chi connectivity index (χ4n) is 3.95. The highest BCUT2D eigenvalue weighted by molar-refractivity contribution is 5.85. The first-order chi connectivity index (χ1) is 12.1. The van der Waals surface area contributed by atoms with Gasteiger partial charge in [-0.15, -0.1) is 0 Å². The minimum absolute atomic E-state index is 0.0161. The number of nitrogens with zero attached hydrogens (tertiary/aromatic N) is 2. The summed E-state index contributed by atoms with van der Waals surface area (Å²) in [7, 11) is 0. The molecule has 1 heterocycles. The zero-order valence-electron chi connectivity index (χ0n) is 14.4. The van der Waals surface area contributed by atoms with Crippen LogP contribution in [0.5, 0.6) is 0 Å². The van der Waals surface area contributed by atoms with Gasteiger partial charge in [0.1, 0.15) is 5.82 Å². The van der Waals surface area contributed by atoms with Gasteiger partial charge in [0, 0.05) is 38.3 Å². The molecular formula is C19H25FN2O3. The molecule has 1 N–H and O–H groups in total. The van der Waals surface area contributed by atoms with Crippen LogP contribution in [-0.4, -0.2) is 53.0 Å². The highest BCUT2D eigenvalue weighted by Crippen LogP contribution is 2.32. The van der Waals surface area contributed by atoms with Gasteiger partial charge in [0.05, 0.1) is 11.8 Å². The maximum atomic E-state index is 13.8. The van der Waals surface area contributed by atoms with E-state index in [4.69, 9.17) is 0 Å². The number of carbonyl (C=O) groups excluding carboxylic acids is 1. The van der Waals surface area contributed by atoms with Crippen LogP contribution in [-0.2, 0) is 16.1 Å². The van der Waals surface area contributed by atoms with Crippen molar-refractivity contribution in [3.63, 3.8) is 0 Å². The molecule has 2 aliphatic rings. The molecule has 1 aliphatic carbocycles. The average Bonchev–Trinajstić information content (AvgIpc) is 2.63. The van der Waals surface area contributed by atoms with Crippen LogP contribution in [0.2, 0.25) is 0 Å². The molecule has 1 amide bonds. The molecule has 1 aliphatic heterocycles. The number of carbonyl (C=O) groups is 2. The van der Waals surface area contributed by atoms with Crippen LogP contribution in [0, 0.1) is 17.7 Å². The largest absolute Gasteiger partial charge is 0.481 e. The van der Waals surface area contributed by atoms with Gasteiger partial charge >= 0.3 is 5.97 Å². The lowest BCUT2D eigenvalue weighted by Crippen LogP contribution is -2.51. The Morgan fingerprint density at radius 1 is 1.04 bits per heavy atom. The number of benzene rings is 1. The molecular weight excluding hydrogens is 323 g/mol. The molecule has 25 heavy (non-hydrogen) atoms. The van der Waals surface area contributed by atoms with Crippen LogP contribution >= 0.6 is 0 Å². The van der Waals surface area contributed by atoms with Crippen molar-refractivity contribution in [2.75, 3.05) is 26.2 Å². The third kappa shape index (κ3) is 4.18. The van der Waals surface area contributed by atoms with Crippen molar-refractivity contribution in [3.05, 3.63) is 35.6 Å². The zero-order chi connectivity index (χ0) is 17.8. The Labute approximate surface area is 147 Å². The number of rotatable bonds is 4. The number of carboxylic acid groups (broad SMARTS) is 1. The van der Waals surface area contributed by atoms with Crippen molar-refractivity contribution < 1.29 is 19.1 Å². The highest BCUT2D eigenvalue weighted by Gasteiger charge is 2.38. The molecule has 0 radical (unpaired) electrons. The molecule has 0 unspecified atom stereocenters. The van der Waals surface area contributed by atoms with Crippen molar-refractivity contribution >= 4 is 11.9 Å². The van der Waals surface area contributed by atoms with Crippen molar-refractivity contribution in [1.82, 2.24) is 9.80 Å². The molecule has 2 fully saturated rings. The summed E-state index contributed by atoms with van der Waals surface area (Å²) in [6, 6.07) is 6.75. The average molecular weight is 348 g/mol. The van der Waals surface area contributed by atoms with Gasteiger partial charge in [-0.25, -0.2) is 4.39 Å². The lowest BCUT2D eigenvalue weighted by Gasteiger charge is -2.38. The van der Waals surface area contributed by atoms with Gasteiger partial charge in [-0.05, 0) is 18.9 Å². The van der Waals surface area contributed by atoms with E-state index >= 15 is 0 Å². The Kier molecular flexibility index (Phi) is 5.68. The van der Waals surface area contributed by atoms with Gasteiger partial charge in [-0.3, -0.25) is 14.5 Å². The fourth-order valence-corrected chi connectivity index (χ4v) is 3.95. The summed E-state index contributed by atoms with van der Waals surface area (Å²) in [5.74, 6) is -2.00. The zero-order valence-corrected chi connectivity index (χ0v) is 14.4. The third-order valence-corrected chi connectivity index (χ3v) is 5.44. The quantitative estimate of drug-likeness (QED) is 0.907. The Bertz CT molecular complexity index is 629. The van der Waals surface area contributed by atoms with E-state index in [0.717, 1.165) is 12.8 Å². The summed E-state index contributed by atoms with van der Waals surface area (Å²) in [4.78, 5) is 28.1. The van der Waals surface area contributed by atoms with E-state index in [0.29, 0.717) is 51.1 Å². The normalized spacial score (nSPS) is 24.9. The number of carboxylic acids is 1. The molecule has 0 aromatic heterocycles. The van der Waals surface area contributed by atoms with Crippen LogP contribution in [0.15, 0.2) is 24.3 Å². The van der Waals surface area contributed by atoms with Gasteiger partial charge in [-0.2, -0.15) is 0 Å². The standard InChI is InChI=1S/C19H25FN2O3/c20-17-8-4-1-5-14(17)13-21-9-11-22(12-10-21)18(23)15-6-2-3-7-16(15)19(24)25/h1,4-5,8,15-16H,2-3,6-7,9-13H2,(H,24,25)/t15-,16-/m1/s1. The van der Waals surface area contributed by atoms with E-state index in [9.17, 15) is 19.1 Å². The Hall–Kier alpha value is -1.95. The first-order valence-electron chi connectivity index (χ1n) is 9.03. The van der Waals surface area contributed by atoms with Gasteiger partial charge < -0.3 is 10.0 Å². The molecule has 1 aromatic carbocycles. The lowest BCUT2D eigenvalue weighted by atomic mass is 9.78. The summed E-state index contributed by atoms with van der Waals surface area (Å²) >= 11 is 0. The van der Waals surface area contributed by atoms with Crippen LogP contribution in [0.25, 0.3) is 0 Å². The summed E-state index contributed by atoms with van der Waals surface area (Å²) < 4.78 is 13.8. The molecule has 1 saturated heterocycles. The Morgan fingerprint density at radius 3 is 2.32 bits per heavy atom. The first-order valence-corrected chi connectivity index (χ1v) is 9.03. The van der Waals surface area contributed by atoms with Gasteiger partial charge in [0.2, 0.25) is 5.91 Å². The van der Waals surface area contributed by atoms with E-state index in [1.807, 2.05) is 6.07 Å². The second-order valence-corrected chi connectivity index (χ2v) is 7.03. The highest BCUT2D eigenvalue weighted by atomic mass is 19.1. The number of halogens is 1. The van der Waals surface area contributed by atoms with E-state index in [1.165, 1.54) is 6.07 Å². The van der Waals surface area contributed by atoms with Gasteiger partial charge in [-0.1, -0.05) is 31.0 Å². The third-order valence-electron chi connectivity index (χ3n) is 5.44. The molecule has 0 bridgehead atoms. The summed E-state index contributed by atoms with van der Waals surface area (Å²) in [6.07, 6.45) is 3.08. The monoisotopic (exact) mass is 348 g/mol. The smallest absolute Gasteiger partial charge is 0.307 e. The van der Waals surface area contributed by atoms with Crippen molar-refractivity contribution in [3.8, 4) is 0 Å². The maximum Gasteiger partial charge on any atom is 0.307 e. The number of piperazine rings is 1. The minimum atomic E-state index is -0.851. The summed E-state index contributed by atoms with van der Waals surface area (Å²) in [5.41, 5.74) is 0.667. The first kappa shape index (κ1) is 17.9. The predicted octanol–water partition coefficient (Wildman–Crippen LogP) is 2.36. The topological polar surface area (TPSA) is 60.9 Å². The van der Waals surface area contributed by atoms with Gasteiger partial charge in [0.25, 0.3) is 0 Å². The molecule has 3 rings (SSSR count). The van der Waals surface area contributed by atoms with Crippen LogP contribution in [0.4, 0.5) is 4.39 Å². The predicted molar refractivity (Wildman–Crippen MR) is 91.3 cm³/mol. The lowest BCUT2D eigenvalue weighted by molar-refractivity contribution is -0.153.